The summed E-state index contributed by atoms with van der Waals surface area (Å²) < 4.78 is 0. The molecule has 2 nitrogen and oxygen atoms in total. The topological polar surface area (TPSA) is 16.1 Å². The minimum Gasteiger partial charge on any atom is -0.527 e. The summed E-state index contributed by atoms with van der Waals surface area (Å²) in [5, 5.41) is 0. The molecule has 1 aromatic rings. The summed E-state index contributed by atoms with van der Waals surface area (Å²) in [6.45, 7) is 6.95. The van der Waals surface area contributed by atoms with Gasteiger partial charge in [0.2, 0.25) is 0 Å². The second-order valence-electron chi connectivity index (χ2n) is 3.18. The number of aromatic nitrogens is 1. The molecule has 16 heavy (non-hydrogen) atoms. The summed E-state index contributed by atoms with van der Waals surface area (Å²) >= 11 is 0. The molecule has 0 amide bonds. The molecule has 0 fully saturated rings. The molecule has 1 atom stereocenters. The summed E-state index contributed by atoms with van der Waals surface area (Å²) in [5.41, 5.74) is 1.27. The number of hydrogen-bond acceptors (Lipinski definition) is 2. The Bertz CT molecular complexity index is 308. The number of pyridine rings is 1. The Kier molecular flexibility index (Phi) is 12.1. The zero-order valence-electron chi connectivity index (χ0n) is 8.78. The van der Waals surface area contributed by atoms with Crippen molar-refractivity contribution in [1.82, 2.24) is 9.88 Å². The van der Waals surface area contributed by atoms with Gasteiger partial charge in [-0.15, -0.1) is 6.08 Å². The van der Waals surface area contributed by atoms with Gasteiger partial charge in [0.15, 0.2) is 0 Å². The van der Waals surface area contributed by atoms with Crippen LogP contribution in [0.15, 0.2) is 36.8 Å². The third-order valence-corrected chi connectivity index (χ3v) is 2.02. The van der Waals surface area contributed by atoms with E-state index in [1.807, 2.05) is 24.5 Å². The minimum atomic E-state index is 0. The molecule has 1 aromatic heterocycles. The predicted molar refractivity (Wildman–Crippen MR) is 52.1 cm³/mol. The summed E-state index contributed by atoms with van der Waals surface area (Å²) in [7, 11) is 0. The Balaban J connectivity index is 0. The van der Waals surface area contributed by atoms with Crippen LogP contribution in [0.2, 0.25) is 0 Å². The number of hydrogen-bond donors (Lipinski definition) is 0. The first kappa shape index (κ1) is 19.4. The van der Waals surface area contributed by atoms with Crippen LogP contribution >= 0.6 is 0 Å². The summed E-state index contributed by atoms with van der Waals surface area (Å²) in [5.74, 6) is 0.321. The molecule has 0 saturated heterocycles. The average Bonchev–Trinajstić information content (AvgIpc) is 2.53. The van der Waals surface area contributed by atoms with Gasteiger partial charge in [0.1, 0.15) is 0 Å². The fraction of sp³-hybridized carbons (Fsp3) is 0.182. The number of nitrogens with zero attached hydrogens (tertiary/aromatic N) is 2. The standard InChI is InChI=1S/C11H12N2.U.V.W/c1-10-4-7-13(8-10)9-11-2-5-12-6-3-11;;;/h2-8,10H,1,9H2;;;/q-2;;;. The van der Waals surface area contributed by atoms with Crippen molar-refractivity contribution in [3.8, 4) is 0 Å². The second kappa shape index (κ2) is 9.99. The van der Waals surface area contributed by atoms with Gasteiger partial charge in [-0.25, -0.2) is 0 Å². The SMILES string of the molecule is [CH2-]C1C=CN(Cc2ccncc2)[CH-]1.[U].[V].[W]. The molecule has 0 spiro atoms. The Morgan fingerprint density at radius 1 is 1.38 bits per heavy atom. The zero-order chi connectivity index (χ0) is 9.10. The predicted octanol–water partition coefficient (Wildman–Crippen LogP) is 2.02. The van der Waals surface area contributed by atoms with E-state index in [9.17, 15) is 0 Å². The first-order valence-electron chi connectivity index (χ1n) is 4.35. The Morgan fingerprint density at radius 3 is 2.50 bits per heavy atom. The van der Waals surface area contributed by atoms with Crippen LogP contribution in [-0.2, 0) is 46.2 Å². The molecule has 0 bridgehead atoms. The molecule has 0 aliphatic carbocycles. The van der Waals surface area contributed by atoms with Gasteiger partial charge in [0.25, 0.3) is 0 Å². The molecule has 1 radical (unpaired) electrons. The van der Waals surface area contributed by atoms with Crippen molar-refractivity contribution in [2.45, 2.75) is 6.54 Å². The van der Waals surface area contributed by atoms with Gasteiger partial charge in [0.05, 0.1) is 0 Å². The van der Waals surface area contributed by atoms with E-state index >= 15 is 0 Å². The molecule has 1 aliphatic heterocycles. The molecular formula is C11H12N2UVW-2. The Morgan fingerprint density at radius 2 is 2.00 bits per heavy atom. The van der Waals surface area contributed by atoms with E-state index < -0.39 is 0 Å². The van der Waals surface area contributed by atoms with E-state index in [2.05, 4.69) is 35.6 Å². The maximum absolute atomic E-state index is 3.98. The van der Waals surface area contributed by atoms with Crippen LogP contribution in [0.5, 0.6) is 0 Å². The van der Waals surface area contributed by atoms with Gasteiger partial charge in [-0.3, -0.25) is 17.4 Å². The minimum absolute atomic E-state index is 0. The summed E-state index contributed by atoms with van der Waals surface area (Å²) in [6, 6.07) is 4.05. The van der Waals surface area contributed by atoms with E-state index in [0.717, 1.165) is 6.54 Å². The molecule has 2 heterocycles. The maximum atomic E-state index is 3.98. The van der Waals surface area contributed by atoms with E-state index in [1.54, 1.807) is 0 Å². The molecule has 2 rings (SSSR count). The maximum Gasteiger partial charge on any atom is 0.0271 e. The fourth-order valence-electron chi connectivity index (χ4n) is 1.37. The van der Waals surface area contributed by atoms with Crippen molar-refractivity contribution in [3.63, 3.8) is 0 Å². The van der Waals surface area contributed by atoms with Crippen LogP contribution in [0, 0.1) is 50.5 Å². The van der Waals surface area contributed by atoms with E-state index in [-0.39, 0.29) is 70.7 Å². The largest absolute Gasteiger partial charge is 0.527 e. The van der Waals surface area contributed by atoms with Crippen molar-refractivity contribution in [3.05, 3.63) is 55.8 Å². The monoisotopic (exact) mass is 645 g/mol. The van der Waals surface area contributed by atoms with E-state index in [1.165, 1.54) is 5.56 Å². The van der Waals surface area contributed by atoms with Crippen LogP contribution in [-0.4, -0.2) is 9.88 Å². The second-order valence-corrected chi connectivity index (χ2v) is 3.18. The van der Waals surface area contributed by atoms with Crippen LogP contribution in [0.1, 0.15) is 5.56 Å². The quantitative estimate of drug-likeness (QED) is 0.459. The fourth-order valence-corrected chi connectivity index (χ4v) is 1.37. The molecule has 1 unspecified atom stereocenters. The van der Waals surface area contributed by atoms with Gasteiger partial charge in [-0.05, 0) is 23.9 Å². The first-order chi connectivity index (χ1) is 6.34. The average molecular weight is 645 g/mol. The zero-order valence-corrected chi connectivity index (χ0v) is 17.3. The van der Waals surface area contributed by atoms with Gasteiger partial charge in [-0.2, -0.15) is 0 Å². The molecule has 5 heteroatoms. The van der Waals surface area contributed by atoms with Crippen LogP contribution in [0.25, 0.3) is 0 Å². The molecule has 83 valence electrons. The molecule has 0 saturated carbocycles. The Labute approximate surface area is 147 Å². The van der Waals surface area contributed by atoms with Gasteiger partial charge in [0, 0.05) is 89.7 Å². The van der Waals surface area contributed by atoms with E-state index in [4.69, 9.17) is 0 Å². The number of rotatable bonds is 2. The molecular weight excluding hydrogens is 633 g/mol. The smallest absolute Gasteiger partial charge is 0.0271 e. The van der Waals surface area contributed by atoms with E-state index in [0.29, 0.717) is 5.92 Å². The Hall–Kier alpha value is 1.01. The van der Waals surface area contributed by atoms with Crippen molar-refractivity contribution in [1.29, 1.82) is 0 Å². The van der Waals surface area contributed by atoms with Crippen LogP contribution in [0.4, 0.5) is 0 Å². The van der Waals surface area contributed by atoms with Crippen molar-refractivity contribution < 1.29 is 70.7 Å². The summed E-state index contributed by atoms with van der Waals surface area (Å²) in [4.78, 5) is 6.12. The van der Waals surface area contributed by atoms with Crippen molar-refractivity contribution in [2.75, 3.05) is 0 Å². The molecule has 0 N–H and O–H groups in total. The van der Waals surface area contributed by atoms with Gasteiger partial charge < -0.3 is 11.8 Å². The van der Waals surface area contributed by atoms with Gasteiger partial charge >= 0.3 is 0 Å². The third kappa shape index (κ3) is 6.08. The molecule has 1 aliphatic rings. The van der Waals surface area contributed by atoms with Crippen LogP contribution < -0.4 is 0 Å². The normalized spacial score (nSPS) is 17.1. The first-order valence-corrected chi connectivity index (χ1v) is 4.35. The van der Waals surface area contributed by atoms with Crippen molar-refractivity contribution >= 4 is 0 Å². The van der Waals surface area contributed by atoms with Crippen LogP contribution in [0.3, 0.4) is 0 Å². The van der Waals surface area contributed by atoms with Crippen molar-refractivity contribution in [2.24, 2.45) is 5.92 Å². The summed E-state index contributed by atoms with van der Waals surface area (Å²) in [6.07, 6.45) is 7.78. The molecule has 0 aromatic carbocycles. The third-order valence-electron chi connectivity index (χ3n) is 2.02. The van der Waals surface area contributed by atoms with Gasteiger partial charge in [-0.1, -0.05) is 0 Å².